The molecule has 2 amide bonds. The summed E-state index contributed by atoms with van der Waals surface area (Å²) in [7, 11) is 0. The van der Waals surface area contributed by atoms with E-state index in [0.717, 1.165) is 12.8 Å². The Balaban J connectivity index is 3.62. The van der Waals surface area contributed by atoms with Gasteiger partial charge in [0.2, 0.25) is 11.8 Å². The third-order valence-electron chi connectivity index (χ3n) is 4.58. The number of hydrogen-bond acceptors (Lipinski definition) is 7. The largest absolute Gasteiger partial charge is 0.377 e. The summed E-state index contributed by atoms with van der Waals surface area (Å²) in [6.07, 6.45) is 2.47. The van der Waals surface area contributed by atoms with Gasteiger partial charge in [0, 0.05) is 38.0 Å². The number of Topliss-reactive ketones (excluding diaryl/α,β-unsaturated/α-hetero) is 2. The van der Waals surface area contributed by atoms with E-state index in [1.165, 1.54) is 6.92 Å². The second-order valence-corrected chi connectivity index (χ2v) is 7.63. The molecular formula is C22H40N2O7. The van der Waals surface area contributed by atoms with Crippen molar-refractivity contribution in [2.24, 2.45) is 11.8 Å². The van der Waals surface area contributed by atoms with Gasteiger partial charge in [0.05, 0.1) is 19.8 Å². The molecule has 0 aromatic heterocycles. The molecule has 0 aromatic rings. The summed E-state index contributed by atoms with van der Waals surface area (Å²) in [4.78, 5) is 46.6. The minimum absolute atomic E-state index is 0.0431. The van der Waals surface area contributed by atoms with Crippen LogP contribution in [0.5, 0.6) is 0 Å². The summed E-state index contributed by atoms with van der Waals surface area (Å²) in [5.41, 5.74) is 0. The first-order valence-corrected chi connectivity index (χ1v) is 11.1. The van der Waals surface area contributed by atoms with Crippen LogP contribution in [0.2, 0.25) is 0 Å². The van der Waals surface area contributed by atoms with Crippen molar-refractivity contribution >= 4 is 23.4 Å². The number of amides is 2. The van der Waals surface area contributed by atoms with Crippen LogP contribution in [-0.2, 0) is 33.4 Å². The summed E-state index contributed by atoms with van der Waals surface area (Å²) in [5, 5.41) is 5.43. The Morgan fingerprint density at radius 3 is 2.03 bits per heavy atom. The minimum atomic E-state index is -0.230. The minimum Gasteiger partial charge on any atom is -0.377 e. The highest BCUT2D eigenvalue weighted by atomic mass is 16.5. The fraction of sp³-hybridized carbons (Fsp3) is 0.818. The zero-order chi connectivity index (χ0) is 23.5. The molecule has 0 fully saturated rings. The molecule has 0 rings (SSSR count). The van der Waals surface area contributed by atoms with Gasteiger partial charge >= 0.3 is 0 Å². The first-order valence-electron chi connectivity index (χ1n) is 11.1. The second-order valence-electron chi connectivity index (χ2n) is 7.63. The number of rotatable bonds is 20. The zero-order valence-electron chi connectivity index (χ0n) is 19.5. The predicted octanol–water partition coefficient (Wildman–Crippen LogP) is 1.28. The average Bonchev–Trinajstić information content (AvgIpc) is 2.72. The molecule has 0 heterocycles. The van der Waals surface area contributed by atoms with E-state index in [0.29, 0.717) is 45.8 Å². The highest BCUT2D eigenvalue weighted by Crippen LogP contribution is 2.16. The third kappa shape index (κ3) is 17.5. The van der Waals surface area contributed by atoms with Crippen molar-refractivity contribution in [2.75, 3.05) is 52.7 Å². The first-order chi connectivity index (χ1) is 14.8. The molecule has 0 bridgehead atoms. The molecule has 0 aromatic carbocycles. The standard InChI is InChI=1S/C22H40N2O7/c1-5-29-15-21(27)24-10-11-30-12-13-31-16-22(28)23-9-7-6-8-19(18(4)25)14-20(26)17(2)3/h17,19H,5-16H2,1-4H3,(H,23,28)(H,24,27)/t19-/m1/s1. The van der Waals surface area contributed by atoms with Crippen LogP contribution in [0.3, 0.4) is 0 Å². The summed E-state index contributed by atoms with van der Waals surface area (Å²) < 4.78 is 15.5. The van der Waals surface area contributed by atoms with Gasteiger partial charge in [0.1, 0.15) is 24.8 Å². The number of ketones is 2. The second kappa shape index (κ2) is 18.9. The number of carbonyl (C=O) groups excluding carboxylic acids is 4. The van der Waals surface area contributed by atoms with E-state index >= 15 is 0 Å². The topological polar surface area (TPSA) is 120 Å². The fourth-order valence-electron chi connectivity index (χ4n) is 2.62. The van der Waals surface area contributed by atoms with E-state index in [2.05, 4.69) is 10.6 Å². The van der Waals surface area contributed by atoms with E-state index in [9.17, 15) is 19.2 Å². The SMILES string of the molecule is CCOCC(=O)NCCOCCOCC(=O)NCCCC[C@H](CC(=O)C(C)C)C(C)=O. The maximum Gasteiger partial charge on any atom is 0.246 e. The molecule has 9 heteroatoms. The molecule has 0 saturated carbocycles. The van der Waals surface area contributed by atoms with Crippen LogP contribution in [0.25, 0.3) is 0 Å². The summed E-state index contributed by atoms with van der Waals surface area (Å²) in [6, 6.07) is 0. The number of ether oxygens (including phenoxy) is 3. The van der Waals surface area contributed by atoms with Crippen molar-refractivity contribution in [1.82, 2.24) is 10.6 Å². The molecule has 0 radical (unpaired) electrons. The van der Waals surface area contributed by atoms with Gasteiger partial charge in [-0.3, -0.25) is 19.2 Å². The molecular weight excluding hydrogens is 404 g/mol. The van der Waals surface area contributed by atoms with Crippen LogP contribution in [0.15, 0.2) is 0 Å². The van der Waals surface area contributed by atoms with Gasteiger partial charge in [-0.05, 0) is 26.7 Å². The Kier molecular flexibility index (Phi) is 17.8. The lowest BCUT2D eigenvalue weighted by molar-refractivity contribution is -0.128. The lowest BCUT2D eigenvalue weighted by Crippen LogP contribution is -2.31. The molecule has 0 saturated heterocycles. The Hall–Kier alpha value is -1.84. The number of unbranched alkanes of at least 4 members (excludes halogenated alkanes) is 1. The quantitative estimate of drug-likeness (QED) is 0.271. The summed E-state index contributed by atoms with van der Waals surface area (Å²) >= 11 is 0. The first kappa shape index (κ1) is 29.2. The van der Waals surface area contributed by atoms with Gasteiger partial charge < -0.3 is 24.8 Å². The van der Waals surface area contributed by atoms with Gasteiger partial charge in [-0.25, -0.2) is 0 Å². The molecule has 2 N–H and O–H groups in total. The predicted molar refractivity (Wildman–Crippen MR) is 117 cm³/mol. The van der Waals surface area contributed by atoms with Crippen LogP contribution < -0.4 is 10.6 Å². The van der Waals surface area contributed by atoms with Crippen molar-refractivity contribution in [3.05, 3.63) is 0 Å². The van der Waals surface area contributed by atoms with E-state index < -0.39 is 0 Å². The molecule has 0 aliphatic rings. The smallest absolute Gasteiger partial charge is 0.246 e. The molecule has 0 aliphatic carbocycles. The normalized spacial score (nSPS) is 11.9. The van der Waals surface area contributed by atoms with Crippen molar-refractivity contribution in [3.8, 4) is 0 Å². The van der Waals surface area contributed by atoms with E-state index in [1.54, 1.807) is 0 Å². The Bertz CT molecular complexity index is 538. The lowest BCUT2D eigenvalue weighted by atomic mass is 9.89. The molecule has 1 atom stereocenters. The highest BCUT2D eigenvalue weighted by Gasteiger charge is 2.19. The fourth-order valence-corrected chi connectivity index (χ4v) is 2.62. The van der Waals surface area contributed by atoms with Gasteiger partial charge in [0.25, 0.3) is 0 Å². The number of carbonyl (C=O) groups is 4. The number of hydrogen-bond donors (Lipinski definition) is 2. The molecule has 9 nitrogen and oxygen atoms in total. The molecule has 0 aliphatic heterocycles. The van der Waals surface area contributed by atoms with Crippen molar-refractivity contribution in [2.45, 2.75) is 53.4 Å². The monoisotopic (exact) mass is 444 g/mol. The Morgan fingerprint density at radius 2 is 1.42 bits per heavy atom. The zero-order valence-corrected chi connectivity index (χ0v) is 19.5. The van der Waals surface area contributed by atoms with Gasteiger partial charge in [-0.2, -0.15) is 0 Å². The van der Waals surface area contributed by atoms with Crippen LogP contribution >= 0.6 is 0 Å². The molecule has 0 spiro atoms. The maximum absolute atomic E-state index is 11.8. The van der Waals surface area contributed by atoms with Crippen LogP contribution in [0.1, 0.15) is 53.4 Å². The highest BCUT2D eigenvalue weighted by molar-refractivity contribution is 5.87. The molecule has 0 unspecified atom stereocenters. The van der Waals surface area contributed by atoms with Gasteiger partial charge in [0.15, 0.2) is 0 Å². The summed E-state index contributed by atoms with van der Waals surface area (Å²) in [5.74, 6) is -0.520. The summed E-state index contributed by atoms with van der Waals surface area (Å²) in [6.45, 7) is 9.39. The van der Waals surface area contributed by atoms with Crippen LogP contribution in [0, 0.1) is 11.8 Å². The van der Waals surface area contributed by atoms with Crippen LogP contribution in [0.4, 0.5) is 0 Å². The lowest BCUT2D eigenvalue weighted by Gasteiger charge is -2.14. The maximum atomic E-state index is 11.8. The average molecular weight is 445 g/mol. The number of nitrogens with one attached hydrogen (secondary N) is 2. The Morgan fingerprint density at radius 1 is 0.806 bits per heavy atom. The van der Waals surface area contributed by atoms with E-state index in [4.69, 9.17) is 14.2 Å². The van der Waals surface area contributed by atoms with Gasteiger partial charge in [-0.15, -0.1) is 0 Å². The van der Waals surface area contributed by atoms with E-state index in [-0.39, 0.29) is 55.0 Å². The third-order valence-corrected chi connectivity index (χ3v) is 4.58. The molecule has 180 valence electrons. The van der Waals surface area contributed by atoms with Crippen molar-refractivity contribution in [3.63, 3.8) is 0 Å². The van der Waals surface area contributed by atoms with E-state index in [1.807, 2.05) is 20.8 Å². The van der Waals surface area contributed by atoms with Crippen molar-refractivity contribution < 1.29 is 33.4 Å². The molecule has 31 heavy (non-hydrogen) atoms. The Labute approximate surface area is 185 Å². The van der Waals surface area contributed by atoms with Gasteiger partial charge in [-0.1, -0.05) is 20.3 Å². The van der Waals surface area contributed by atoms with Crippen molar-refractivity contribution in [1.29, 1.82) is 0 Å². The van der Waals surface area contributed by atoms with Crippen LogP contribution in [-0.4, -0.2) is 76.1 Å².